The number of carbonyl (C=O) groups is 2. The number of carbonyl (C=O) groups excluding carboxylic acids is 2. The highest BCUT2D eigenvalue weighted by molar-refractivity contribution is 9.10. The topological polar surface area (TPSA) is 68.9 Å². The van der Waals surface area contributed by atoms with Crippen LogP contribution in [0, 0.1) is 0 Å². The lowest BCUT2D eigenvalue weighted by Crippen LogP contribution is -2.53. The van der Waals surface area contributed by atoms with E-state index >= 15 is 0 Å². The van der Waals surface area contributed by atoms with E-state index in [1.165, 1.54) is 0 Å². The Morgan fingerprint density at radius 3 is 2.37 bits per heavy atom. The molecular weight excluding hydrogens is 412 g/mol. The fourth-order valence-corrected chi connectivity index (χ4v) is 4.24. The molecule has 0 saturated carbocycles. The van der Waals surface area contributed by atoms with Gasteiger partial charge >= 0.3 is 0 Å². The molecule has 2 saturated heterocycles. The fraction of sp³-hybridized carbons (Fsp3) is 0.474. The van der Waals surface area contributed by atoms with Gasteiger partial charge in [-0.3, -0.25) is 14.5 Å². The molecule has 4 rings (SSSR count). The molecule has 0 radical (unpaired) electrons. The first-order chi connectivity index (χ1) is 13.1. The third-order valence-corrected chi connectivity index (χ3v) is 6.06. The van der Waals surface area contributed by atoms with E-state index in [4.69, 9.17) is 4.74 Å². The van der Waals surface area contributed by atoms with E-state index in [1.807, 2.05) is 34.1 Å². The molecule has 27 heavy (non-hydrogen) atoms. The molecule has 0 atom stereocenters. The van der Waals surface area contributed by atoms with E-state index in [2.05, 4.69) is 25.8 Å². The van der Waals surface area contributed by atoms with Gasteiger partial charge in [0.25, 0.3) is 5.91 Å². The molecule has 2 fully saturated rings. The minimum atomic E-state index is -0.0293. The van der Waals surface area contributed by atoms with Crippen molar-refractivity contribution in [1.29, 1.82) is 0 Å². The largest absolute Gasteiger partial charge is 0.379 e. The highest BCUT2D eigenvalue weighted by Crippen LogP contribution is 2.28. The molecule has 8 heteroatoms. The Morgan fingerprint density at radius 2 is 1.67 bits per heavy atom. The number of aromatic nitrogens is 1. The summed E-state index contributed by atoms with van der Waals surface area (Å²) in [6.45, 7) is 5.68. The van der Waals surface area contributed by atoms with E-state index in [1.54, 1.807) is 0 Å². The molecule has 1 aromatic heterocycles. The summed E-state index contributed by atoms with van der Waals surface area (Å²) in [4.78, 5) is 34.4. The molecule has 2 aromatic rings. The van der Waals surface area contributed by atoms with Crippen LogP contribution in [0.15, 0.2) is 28.7 Å². The van der Waals surface area contributed by atoms with Crippen LogP contribution in [-0.2, 0) is 9.53 Å². The number of nitrogens with one attached hydrogen (secondary N) is 1. The van der Waals surface area contributed by atoms with Gasteiger partial charge in [0, 0.05) is 50.2 Å². The maximum atomic E-state index is 12.9. The highest BCUT2D eigenvalue weighted by Gasteiger charge is 2.28. The molecular formula is C19H23BrN4O3. The van der Waals surface area contributed by atoms with Gasteiger partial charge in [-0.15, -0.1) is 0 Å². The summed E-state index contributed by atoms with van der Waals surface area (Å²) in [6, 6.07) is 7.83. The van der Waals surface area contributed by atoms with Gasteiger partial charge in [0.05, 0.1) is 24.2 Å². The Morgan fingerprint density at radius 1 is 1.00 bits per heavy atom. The minimum Gasteiger partial charge on any atom is -0.379 e. The van der Waals surface area contributed by atoms with E-state index in [-0.39, 0.29) is 11.8 Å². The van der Waals surface area contributed by atoms with Crippen LogP contribution in [0.4, 0.5) is 0 Å². The summed E-state index contributed by atoms with van der Waals surface area (Å²) >= 11 is 3.55. The van der Waals surface area contributed by atoms with Gasteiger partial charge in [-0.1, -0.05) is 18.2 Å². The lowest BCUT2D eigenvalue weighted by Gasteiger charge is -2.36. The zero-order valence-corrected chi connectivity index (χ0v) is 16.7. The van der Waals surface area contributed by atoms with Gasteiger partial charge in [0.1, 0.15) is 5.69 Å². The number of fused-ring (bicyclic) bond motifs is 1. The number of H-pyrrole nitrogens is 1. The van der Waals surface area contributed by atoms with Crippen molar-refractivity contribution in [1.82, 2.24) is 19.7 Å². The summed E-state index contributed by atoms with van der Waals surface area (Å²) in [5.41, 5.74) is 1.51. The second-order valence-electron chi connectivity index (χ2n) is 6.92. The molecule has 0 aliphatic carbocycles. The van der Waals surface area contributed by atoms with E-state index < -0.39 is 0 Å². The Labute approximate surface area is 166 Å². The Hall–Kier alpha value is -1.90. The molecule has 7 nitrogen and oxygen atoms in total. The summed E-state index contributed by atoms with van der Waals surface area (Å²) in [5, 5.41) is 1.00. The highest BCUT2D eigenvalue weighted by atomic mass is 79.9. The van der Waals surface area contributed by atoms with Crippen LogP contribution in [0.2, 0.25) is 0 Å². The number of ether oxygens (including phenoxy) is 1. The molecule has 0 spiro atoms. The van der Waals surface area contributed by atoms with Gasteiger partial charge < -0.3 is 19.5 Å². The van der Waals surface area contributed by atoms with E-state index in [0.29, 0.717) is 51.6 Å². The van der Waals surface area contributed by atoms with E-state index in [0.717, 1.165) is 28.5 Å². The number of amides is 2. The average molecular weight is 435 g/mol. The number of para-hydroxylation sites is 1. The normalized spacial score (nSPS) is 18.9. The quantitative estimate of drug-likeness (QED) is 0.795. The summed E-state index contributed by atoms with van der Waals surface area (Å²) in [6.07, 6.45) is 0. The van der Waals surface area contributed by atoms with Crippen molar-refractivity contribution in [2.75, 3.05) is 59.0 Å². The van der Waals surface area contributed by atoms with Gasteiger partial charge in [0.2, 0.25) is 5.91 Å². The standard InChI is InChI=1S/C19H23BrN4O3/c20-17-14-3-1-2-4-15(14)21-18(17)19(26)24-7-5-23(6-8-24)16(25)13-22-9-11-27-12-10-22/h1-4,21H,5-13H2. The number of rotatable bonds is 3. The Kier molecular flexibility index (Phi) is 5.47. The van der Waals surface area contributed by atoms with Gasteiger partial charge in [-0.05, 0) is 22.0 Å². The first-order valence-electron chi connectivity index (χ1n) is 9.27. The maximum absolute atomic E-state index is 12.9. The Bertz CT molecular complexity index is 839. The van der Waals surface area contributed by atoms with Crippen LogP contribution in [0.3, 0.4) is 0 Å². The lowest BCUT2D eigenvalue weighted by atomic mass is 10.2. The van der Waals surface area contributed by atoms with Crippen LogP contribution in [0.25, 0.3) is 10.9 Å². The zero-order valence-electron chi connectivity index (χ0n) is 15.1. The predicted molar refractivity (Wildman–Crippen MR) is 106 cm³/mol. The summed E-state index contributed by atoms with van der Waals surface area (Å²) in [5.74, 6) is 0.106. The summed E-state index contributed by atoms with van der Waals surface area (Å²) in [7, 11) is 0. The third-order valence-electron chi connectivity index (χ3n) is 5.24. The smallest absolute Gasteiger partial charge is 0.271 e. The number of hydrogen-bond acceptors (Lipinski definition) is 4. The molecule has 1 aromatic carbocycles. The number of nitrogens with zero attached hydrogens (tertiary/aromatic N) is 3. The molecule has 144 valence electrons. The summed E-state index contributed by atoms with van der Waals surface area (Å²) < 4.78 is 6.12. The number of aromatic amines is 1. The minimum absolute atomic E-state index is 0.0293. The van der Waals surface area contributed by atoms with Crippen LogP contribution in [0.1, 0.15) is 10.5 Å². The third kappa shape index (κ3) is 3.88. The molecule has 3 heterocycles. The number of piperazine rings is 1. The SMILES string of the molecule is O=C(CN1CCOCC1)N1CCN(C(=O)c2[nH]c3ccccc3c2Br)CC1. The van der Waals surface area contributed by atoms with E-state index in [9.17, 15) is 9.59 Å². The molecule has 0 unspecified atom stereocenters. The lowest BCUT2D eigenvalue weighted by molar-refractivity contribution is -0.134. The van der Waals surface area contributed by atoms with Crippen LogP contribution >= 0.6 is 15.9 Å². The van der Waals surface area contributed by atoms with Crippen LogP contribution < -0.4 is 0 Å². The second kappa shape index (κ2) is 8.00. The molecule has 2 aliphatic heterocycles. The van der Waals surface area contributed by atoms with Crippen molar-refractivity contribution in [2.45, 2.75) is 0 Å². The van der Waals surface area contributed by atoms with Crippen molar-refractivity contribution in [3.8, 4) is 0 Å². The van der Waals surface area contributed by atoms with Crippen molar-refractivity contribution in [3.05, 3.63) is 34.4 Å². The number of halogens is 1. The van der Waals surface area contributed by atoms with Crippen molar-refractivity contribution >= 4 is 38.6 Å². The Balaban J connectivity index is 1.36. The predicted octanol–water partition coefficient (Wildman–Crippen LogP) is 1.55. The fourth-order valence-electron chi connectivity index (χ4n) is 3.62. The second-order valence-corrected chi connectivity index (χ2v) is 7.71. The zero-order chi connectivity index (χ0) is 18.8. The molecule has 1 N–H and O–H groups in total. The van der Waals surface area contributed by atoms with Crippen molar-refractivity contribution < 1.29 is 14.3 Å². The molecule has 0 bridgehead atoms. The maximum Gasteiger partial charge on any atom is 0.271 e. The van der Waals surface area contributed by atoms with Crippen LogP contribution in [-0.4, -0.2) is 90.5 Å². The van der Waals surface area contributed by atoms with Gasteiger partial charge in [-0.25, -0.2) is 0 Å². The van der Waals surface area contributed by atoms with Gasteiger partial charge in [-0.2, -0.15) is 0 Å². The number of morpholine rings is 1. The number of hydrogen-bond donors (Lipinski definition) is 1. The van der Waals surface area contributed by atoms with Gasteiger partial charge in [0.15, 0.2) is 0 Å². The first-order valence-corrected chi connectivity index (χ1v) is 10.1. The average Bonchev–Trinajstić information content (AvgIpc) is 3.05. The molecule has 2 amide bonds. The molecule has 2 aliphatic rings. The monoisotopic (exact) mass is 434 g/mol. The van der Waals surface area contributed by atoms with Crippen molar-refractivity contribution in [2.24, 2.45) is 0 Å². The van der Waals surface area contributed by atoms with Crippen LogP contribution in [0.5, 0.6) is 0 Å². The number of benzene rings is 1. The van der Waals surface area contributed by atoms with Crippen molar-refractivity contribution in [3.63, 3.8) is 0 Å². The first kappa shape index (κ1) is 18.5.